The highest BCUT2D eigenvalue weighted by molar-refractivity contribution is 5.70. The Labute approximate surface area is 93.5 Å². The van der Waals surface area contributed by atoms with Crippen LogP contribution in [0, 0.1) is 11.7 Å². The molecule has 0 radical (unpaired) electrons. The fourth-order valence-electron chi connectivity index (χ4n) is 2.29. The highest BCUT2D eigenvalue weighted by Crippen LogP contribution is 2.35. The minimum absolute atomic E-state index is 0.123. The van der Waals surface area contributed by atoms with Gasteiger partial charge in [-0.05, 0) is 19.5 Å². The molecule has 1 aliphatic rings. The number of nitrogens with zero attached hydrogens (tertiary/aromatic N) is 1. The summed E-state index contributed by atoms with van der Waals surface area (Å²) in [5.74, 6) is -1.45. The Hall–Kier alpha value is -1.42. The molecule has 2 rings (SSSR count). The molecule has 3 nitrogen and oxygen atoms in total. The molecular formula is C12H14FNO2. The van der Waals surface area contributed by atoms with E-state index in [-0.39, 0.29) is 11.9 Å². The zero-order chi connectivity index (χ0) is 11.7. The van der Waals surface area contributed by atoms with Gasteiger partial charge in [0.2, 0.25) is 0 Å². The van der Waals surface area contributed by atoms with E-state index in [0.717, 1.165) is 0 Å². The van der Waals surface area contributed by atoms with Crippen molar-refractivity contribution < 1.29 is 14.3 Å². The van der Waals surface area contributed by atoms with E-state index >= 15 is 0 Å². The van der Waals surface area contributed by atoms with E-state index in [4.69, 9.17) is 5.11 Å². The summed E-state index contributed by atoms with van der Waals surface area (Å²) in [4.78, 5) is 12.8. The third kappa shape index (κ3) is 1.93. The van der Waals surface area contributed by atoms with E-state index in [0.29, 0.717) is 18.5 Å². The van der Waals surface area contributed by atoms with Crippen LogP contribution in [0.15, 0.2) is 24.3 Å². The minimum Gasteiger partial charge on any atom is -0.481 e. The van der Waals surface area contributed by atoms with Crippen molar-refractivity contribution in [3.05, 3.63) is 35.6 Å². The number of likely N-dealkylation sites (tertiary alicyclic amines) is 1. The lowest BCUT2D eigenvalue weighted by molar-refractivity contribution is -0.141. The lowest BCUT2D eigenvalue weighted by Crippen LogP contribution is -2.21. The number of halogens is 1. The second-order valence-corrected chi connectivity index (χ2v) is 4.25. The number of hydrogen-bond acceptors (Lipinski definition) is 2. The Kier molecular flexibility index (Phi) is 2.92. The monoisotopic (exact) mass is 223 g/mol. The maximum Gasteiger partial charge on any atom is 0.307 e. The smallest absolute Gasteiger partial charge is 0.307 e. The number of benzene rings is 1. The molecule has 0 saturated carbocycles. The van der Waals surface area contributed by atoms with Crippen LogP contribution >= 0.6 is 0 Å². The third-order valence-corrected chi connectivity index (χ3v) is 3.16. The topological polar surface area (TPSA) is 40.5 Å². The van der Waals surface area contributed by atoms with E-state index in [1.54, 1.807) is 18.2 Å². The number of hydrogen-bond donors (Lipinski definition) is 1. The van der Waals surface area contributed by atoms with Crippen molar-refractivity contribution in [3.8, 4) is 0 Å². The number of aliphatic carboxylic acids is 1. The molecule has 1 fully saturated rings. The summed E-state index contributed by atoms with van der Waals surface area (Å²) < 4.78 is 13.6. The van der Waals surface area contributed by atoms with Crippen LogP contribution in [0.3, 0.4) is 0 Å². The van der Waals surface area contributed by atoms with Gasteiger partial charge in [-0.15, -0.1) is 0 Å². The highest BCUT2D eigenvalue weighted by Gasteiger charge is 2.35. The van der Waals surface area contributed by atoms with E-state index in [2.05, 4.69) is 0 Å². The van der Waals surface area contributed by atoms with Crippen LogP contribution in [0.5, 0.6) is 0 Å². The Bertz CT molecular complexity index is 408. The van der Waals surface area contributed by atoms with Gasteiger partial charge in [-0.2, -0.15) is 0 Å². The van der Waals surface area contributed by atoms with Crippen LogP contribution in [0.1, 0.15) is 18.0 Å². The van der Waals surface area contributed by atoms with Gasteiger partial charge in [0.25, 0.3) is 0 Å². The van der Waals surface area contributed by atoms with Crippen LogP contribution in [-0.4, -0.2) is 29.6 Å². The SMILES string of the molecule is CN1C[C@H](C(=O)O)C[C@@H]1c1ccccc1F. The molecule has 1 saturated heterocycles. The van der Waals surface area contributed by atoms with Gasteiger partial charge in [0, 0.05) is 18.2 Å². The Morgan fingerprint density at radius 2 is 2.19 bits per heavy atom. The van der Waals surface area contributed by atoms with Crippen molar-refractivity contribution in [2.24, 2.45) is 5.92 Å². The van der Waals surface area contributed by atoms with Crippen molar-refractivity contribution in [2.45, 2.75) is 12.5 Å². The number of carboxylic acid groups (broad SMARTS) is 1. The summed E-state index contributed by atoms with van der Waals surface area (Å²) in [5.41, 5.74) is 0.591. The summed E-state index contributed by atoms with van der Waals surface area (Å²) in [6.45, 7) is 0.480. The molecule has 16 heavy (non-hydrogen) atoms. The van der Waals surface area contributed by atoms with Gasteiger partial charge < -0.3 is 5.11 Å². The third-order valence-electron chi connectivity index (χ3n) is 3.16. The van der Waals surface area contributed by atoms with Crippen LogP contribution in [0.4, 0.5) is 4.39 Å². The fourth-order valence-corrected chi connectivity index (χ4v) is 2.29. The maximum absolute atomic E-state index is 13.6. The van der Waals surface area contributed by atoms with Crippen LogP contribution in [0.2, 0.25) is 0 Å². The van der Waals surface area contributed by atoms with Crippen molar-refractivity contribution >= 4 is 5.97 Å². The second kappa shape index (κ2) is 4.22. The van der Waals surface area contributed by atoms with Gasteiger partial charge in [0.15, 0.2) is 0 Å². The molecule has 0 unspecified atom stereocenters. The predicted octanol–water partition coefficient (Wildman–Crippen LogP) is 1.90. The summed E-state index contributed by atoms with van der Waals surface area (Å²) in [7, 11) is 1.83. The second-order valence-electron chi connectivity index (χ2n) is 4.25. The molecule has 1 aliphatic heterocycles. The van der Waals surface area contributed by atoms with Crippen molar-refractivity contribution in [1.29, 1.82) is 0 Å². The highest BCUT2D eigenvalue weighted by atomic mass is 19.1. The standard InChI is InChI=1S/C12H14FNO2/c1-14-7-8(12(15)16)6-11(14)9-4-2-3-5-10(9)13/h2-5,8,11H,6-7H2,1H3,(H,15,16)/t8-,11-/m1/s1. The molecule has 1 aromatic carbocycles. The van der Waals surface area contributed by atoms with E-state index in [1.165, 1.54) is 6.07 Å². The zero-order valence-electron chi connectivity index (χ0n) is 9.06. The average Bonchev–Trinajstić information content (AvgIpc) is 2.61. The number of rotatable bonds is 2. The first-order valence-electron chi connectivity index (χ1n) is 5.27. The van der Waals surface area contributed by atoms with Crippen molar-refractivity contribution in [1.82, 2.24) is 4.90 Å². The summed E-state index contributed by atoms with van der Waals surface area (Å²) in [6, 6.07) is 6.43. The van der Waals surface area contributed by atoms with Gasteiger partial charge in [-0.1, -0.05) is 18.2 Å². The van der Waals surface area contributed by atoms with E-state index in [1.807, 2.05) is 11.9 Å². The van der Waals surface area contributed by atoms with Crippen LogP contribution < -0.4 is 0 Å². The van der Waals surface area contributed by atoms with Gasteiger partial charge >= 0.3 is 5.97 Å². The van der Waals surface area contributed by atoms with Gasteiger partial charge in [0.05, 0.1) is 5.92 Å². The number of carboxylic acids is 1. The molecule has 1 heterocycles. The quantitative estimate of drug-likeness (QED) is 0.832. The van der Waals surface area contributed by atoms with E-state index < -0.39 is 11.9 Å². The number of carbonyl (C=O) groups is 1. The largest absolute Gasteiger partial charge is 0.481 e. The van der Waals surface area contributed by atoms with Gasteiger partial charge in [0.1, 0.15) is 5.82 Å². The molecule has 2 atom stereocenters. The summed E-state index contributed by atoms with van der Waals surface area (Å²) in [6.07, 6.45) is 0.479. The predicted molar refractivity (Wildman–Crippen MR) is 57.5 cm³/mol. The fraction of sp³-hybridized carbons (Fsp3) is 0.417. The van der Waals surface area contributed by atoms with Gasteiger partial charge in [-0.3, -0.25) is 9.69 Å². The molecular weight excluding hydrogens is 209 g/mol. The van der Waals surface area contributed by atoms with Crippen LogP contribution in [0.25, 0.3) is 0 Å². The molecule has 0 bridgehead atoms. The molecule has 4 heteroatoms. The minimum atomic E-state index is -0.800. The normalized spacial score (nSPS) is 25.9. The van der Waals surface area contributed by atoms with Crippen molar-refractivity contribution in [3.63, 3.8) is 0 Å². The average molecular weight is 223 g/mol. The molecule has 0 aliphatic carbocycles. The Morgan fingerprint density at radius 3 is 2.75 bits per heavy atom. The molecule has 1 aromatic rings. The summed E-state index contributed by atoms with van der Waals surface area (Å²) in [5, 5.41) is 8.94. The summed E-state index contributed by atoms with van der Waals surface area (Å²) >= 11 is 0. The lowest BCUT2D eigenvalue weighted by atomic mass is 9.99. The molecule has 0 spiro atoms. The first-order valence-corrected chi connectivity index (χ1v) is 5.27. The first kappa shape index (κ1) is 11.1. The molecule has 0 amide bonds. The van der Waals surface area contributed by atoms with E-state index in [9.17, 15) is 9.18 Å². The Morgan fingerprint density at radius 1 is 1.50 bits per heavy atom. The molecule has 86 valence electrons. The molecule has 0 aromatic heterocycles. The zero-order valence-corrected chi connectivity index (χ0v) is 9.06. The van der Waals surface area contributed by atoms with Gasteiger partial charge in [-0.25, -0.2) is 4.39 Å². The maximum atomic E-state index is 13.6. The first-order chi connectivity index (χ1) is 7.59. The van der Waals surface area contributed by atoms with Crippen LogP contribution in [-0.2, 0) is 4.79 Å². The lowest BCUT2D eigenvalue weighted by Gasteiger charge is -2.19. The molecule has 1 N–H and O–H groups in total. The van der Waals surface area contributed by atoms with Crippen molar-refractivity contribution in [2.75, 3.05) is 13.6 Å². The Balaban J connectivity index is 2.23.